The van der Waals surface area contributed by atoms with Crippen LogP contribution in [0.3, 0.4) is 0 Å². The summed E-state index contributed by atoms with van der Waals surface area (Å²) in [6, 6.07) is -8.35. The lowest BCUT2D eigenvalue weighted by Gasteiger charge is -2.32. The molecule has 1 aliphatic rings. The van der Waals surface area contributed by atoms with Crippen LogP contribution in [0.4, 0.5) is 0 Å². The molecule has 1 aliphatic heterocycles. The maximum atomic E-state index is 15.2. The average Bonchev–Trinajstić information content (AvgIpc) is 1.73. The molecule has 17 amide bonds. The zero-order chi connectivity index (χ0) is 111. The average molecular weight is 2110 g/mol. The highest BCUT2D eigenvalue weighted by Crippen LogP contribution is 2.24. The molecule has 2 aromatic carbocycles. The first-order valence-electron chi connectivity index (χ1n) is 49.6. The summed E-state index contributed by atoms with van der Waals surface area (Å²) in [4.78, 5) is 293. The Bertz CT molecular complexity index is 4720. The van der Waals surface area contributed by atoms with Crippen molar-refractivity contribution in [3.8, 4) is 0 Å². The number of hydrogen-bond acceptors (Lipinski definition) is 27. The van der Waals surface area contributed by atoms with E-state index < -0.39 is 295 Å². The number of carbonyl (C=O) groups excluding carboxylic acids is 17. The Labute approximate surface area is 865 Å². The third-order valence-corrected chi connectivity index (χ3v) is 25.7. The second kappa shape index (κ2) is 67.1. The first-order valence-corrected chi connectivity index (χ1v) is 52.4. The summed E-state index contributed by atoms with van der Waals surface area (Å²) in [5, 5.41) is 100. The van der Waals surface area contributed by atoms with Gasteiger partial charge in [0.05, 0.1) is 25.1 Å². The largest absolute Gasteiger partial charge is 0.481 e. The number of nitrogens with zero attached hydrogens (tertiary/aromatic N) is 1. The normalized spacial score (nSPS) is 16.2. The van der Waals surface area contributed by atoms with Crippen LogP contribution in [0.15, 0.2) is 60.7 Å². The van der Waals surface area contributed by atoms with Gasteiger partial charge in [-0.15, -0.1) is 0 Å². The van der Waals surface area contributed by atoms with E-state index in [0.717, 1.165) is 6.92 Å². The quantitative estimate of drug-likeness (QED) is 0.0187. The number of carboxylic acid groups (broad SMARTS) is 4. The number of thioether (sulfide) groups is 2. The van der Waals surface area contributed by atoms with Gasteiger partial charge >= 0.3 is 23.9 Å². The van der Waals surface area contributed by atoms with Crippen molar-refractivity contribution < 1.29 is 126 Å². The number of nitrogens with two attached hydrogens (primary N) is 3. The number of aliphatic hydroxyl groups excluding tert-OH is 1. The van der Waals surface area contributed by atoms with E-state index in [2.05, 4.69) is 90.4 Å². The summed E-state index contributed by atoms with van der Waals surface area (Å²) in [6.07, 6.45) is -0.748. The third-order valence-electron chi connectivity index (χ3n) is 24.4. The molecule has 0 unspecified atom stereocenters. The molecule has 1 saturated heterocycles. The van der Waals surface area contributed by atoms with E-state index in [1.807, 2.05) is 0 Å². The molecule has 0 aromatic heterocycles. The predicted molar refractivity (Wildman–Crippen MR) is 547 cm³/mol. The van der Waals surface area contributed by atoms with Crippen LogP contribution in [0.5, 0.6) is 0 Å². The number of aliphatic hydroxyl groups is 1. The Morgan fingerprint density at radius 1 is 0.422 bits per heavy atom. The van der Waals surface area contributed by atoms with Crippen LogP contribution in [0.1, 0.15) is 210 Å². The van der Waals surface area contributed by atoms with E-state index in [4.69, 9.17) is 27.7 Å². The molecule has 1 fully saturated rings. The highest BCUT2D eigenvalue weighted by atomic mass is 32.2. The Hall–Kier alpha value is -12.8. The number of nitrogens with one attached hydrogen (secondary N) is 18. The van der Waals surface area contributed by atoms with Crippen LogP contribution < -0.4 is 108 Å². The second-order valence-electron chi connectivity index (χ2n) is 37.9. The zero-order valence-electron chi connectivity index (χ0n) is 86.2. The molecule has 2 aromatic rings. The number of likely N-dealkylation sites (tertiary alicyclic amines) is 1. The van der Waals surface area contributed by atoms with Crippen LogP contribution in [0.2, 0.25) is 0 Å². The lowest BCUT2D eigenvalue weighted by atomic mass is 9.96. The second-order valence-corrected chi connectivity index (χ2v) is 39.9. The summed E-state index contributed by atoms with van der Waals surface area (Å²) in [6.45, 7) is 18.7. The number of carboxylic acids is 4. The molecule has 147 heavy (non-hydrogen) atoms. The molecule has 0 radical (unpaired) electrons. The van der Waals surface area contributed by atoms with Crippen molar-refractivity contribution in [3.63, 3.8) is 0 Å². The number of aliphatic carboxylic acids is 4. The number of amides is 17. The smallest absolute Gasteiger partial charge is 0.328 e. The number of benzene rings is 2. The SMILES string of the molecule is CC[C@H](C)[C@H](NC(=O)[C@H](CCSC)NC(=O)[C@H](CCCCN)NC(=O)[C@H](CCSC)NC(=O)[C@H](C)NC(=O)[C@H](CCC(=O)O)NC(=O)[C@H](Cc1ccccc1)NC(=O)[C@@H](NC(=O)[C@@H]1CCCN1C(=O)[C@H](Cc1ccccc1)NC(=O)[C@H](CC(C)C)NC(=O)[C@@H](NC(=O)CNC(=O)[C@@H](N)CC(=O)O)C(C)C)[C@@H](C)CC)C(=O)N[C@@H](CCCNC(=N)N)C(=O)N[C@@H](CC(C)C)C(=O)N[C@@H](CCC(=O)O)C(=O)N[C@H](C(=O)O)[C@@H](C)O. The minimum absolute atomic E-state index is 0.00614. The molecule has 0 saturated carbocycles. The summed E-state index contributed by atoms with van der Waals surface area (Å²) < 4.78 is 0. The molecule has 48 nitrogen and oxygen atoms in total. The fourth-order valence-corrected chi connectivity index (χ4v) is 16.6. The van der Waals surface area contributed by atoms with E-state index in [1.165, 1.54) is 35.3 Å². The fraction of sp³-hybridized carbons (Fsp3) is 0.649. The molecule has 50 heteroatoms. The van der Waals surface area contributed by atoms with Crippen molar-refractivity contribution in [2.24, 2.45) is 46.8 Å². The standard InChI is InChI=1S/C97H156N22O26S2/c1-15-54(9)77(93(141)110-62(32-25-41-102-97(100)101)84(132)111-67(45-51(3)4)88(136)108-64(35-37-74(124)125)86(134)118-79(57(12)120)96(144)145)116-87(135)66(39-44-147-14)109-83(131)61(31-23-24-40-98)106-85(133)65(38-43-146-13)105-80(128)56(11)104-82(130)63(34-36-73(122)123)107-90(138)69(47-58-27-19-17-20-28-58)113-94(142)78(55(10)16-2)117-91(139)71-33-26-42-119(71)95(143)70(48-59-29-21-18-22-30-59)114-89(137)68(46-52(5)6)112-92(140)76(53(7)8)115-72(121)50-103-81(129)60(99)49-75(126)127/h17-22,27-30,51-57,60-71,76-79,120H,15-16,23-26,31-50,98-99H2,1-14H3,(H,103,129)(H,104,130)(H,105,128)(H,106,133)(H,107,138)(H,108,136)(H,109,131)(H,110,141)(H,111,132)(H,112,140)(H,113,142)(H,114,137)(H,115,121)(H,116,135)(H,117,139)(H,118,134)(H,122,123)(H,124,125)(H,126,127)(H,144,145)(H4,100,101,102)/t54-,55-,56-,57+,60-,61-,62-,63-,64-,65-,66-,67-,68-,69-,70-,71-,76-,77-,78-,79-/m0/s1. The van der Waals surface area contributed by atoms with E-state index in [1.54, 1.807) is 142 Å². The highest BCUT2D eigenvalue weighted by molar-refractivity contribution is 7.98. The maximum absolute atomic E-state index is 15.2. The van der Waals surface area contributed by atoms with E-state index in [0.29, 0.717) is 17.5 Å². The molecular weight excluding hydrogens is 1950 g/mol. The van der Waals surface area contributed by atoms with Gasteiger partial charge in [0.2, 0.25) is 100 Å². The van der Waals surface area contributed by atoms with Gasteiger partial charge in [-0.05, 0) is 169 Å². The van der Waals surface area contributed by atoms with E-state index >= 15 is 9.59 Å². The van der Waals surface area contributed by atoms with Gasteiger partial charge in [-0.3, -0.25) is 101 Å². The van der Waals surface area contributed by atoms with Gasteiger partial charge in [-0.25, -0.2) is 4.79 Å². The number of carbonyl (C=O) groups is 21. The summed E-state index contributed by atoms with van der Waals surface area (Å²) in [5.74, 6) is -23.8. The van der Waals surface area contributed by atoms with Gasteiger partial charge in [-0.1, -0.05) is 143 Å². The van der Waals surface area contributed by atoms with Crippen LogP contribution >= 0.6 is 23.5 Å². The number of guanidine groups is 1. The molecule has 0 bridgehead atoms. The van der Waals surface area contributed by atoms with E-state index in [9.17, 15) is 112 Å². The van der Waals surface area contributed by atoms with Crippen molar-refractivity contribution in [2.75, 3.05) is 50.2 Å². The molecule has 822 valence electrons. The lowest BCUT2D eigenvalue weighted by Crippen LogP contribution is -2.62. The van der Waals surface area contributed by atoms with Crippen LogP contribution in [0, 0.1) is 35.0 Å². The topological polar surface area (TPSA) is 769 Å². The summed E-state index contributed by atoms with van der Waals surface area (Å²) in [7, 11) is 0. The van der Waals surface area contributed by atoms with Crippen LogP contribution in [-0.2, 0) is 114 Å². The van der Waals surface area contributed by atoms with Gasteiger partial charge in [0.25, 0.3) is 0 Å². The molecular formula is C97H156N22O26S2. The third kappa shape index (κ3) is 47.3. The highest BCUT2D eigenvalue weighted by Gasteiger charge is 2.44. The molecule has 3 rings (SSSR count). The summed E-state index contributed by atoms with van der Waals surface area (Å²) in [5.41, 5.74) is 18.2. The molecule has 0 aliphatic carbocycles. The van der Waals surface area contributed by atoms with Gasteiger partial charge < -0.3 is 138 Å². The molecule has 1 heterocycles. The van der Waals surface area contributed by atoms with Gasteiger partial charge in [0.1, 0.15) is 90.6 Å². The van der Waals surface area contributed by atoms with Gasteiger partial charge in [0, 0.05) is 38.8 Å². The Balaban J connectivity index is 1.97. The van der Waals surface area contributed by atoms with Crippen molar-refractivity contribution in [2.45, 2.75) is 320 Å². The number of unbranched alkanes of at least 4 members (excludes halogenated alkanes) is 1. The minimum Gasteiger partial charge on any atom is -0.481 e. The molecule has 20 atom stereocenters. The Morgan fingerprint density at radius 3 is 1.23 bits per heavy atom. The van der Waals surface area contributed by atoms with Crippen molar-refractivity contribution in [1.82, 2.24) is 95.3 Å². The Kier molecular flexibility index (Phi) is 58.6. The van der Waals surface area contributed by atoms with Crippen LogP contribution in [-0.4, -0.2) is 320 Å². The van der Waals surface area contributed by atoms with Gasteiger partial charge in [0.15, 0.2) is 12.0 Å². The van der Waals surface area contributed by atoms with E-state index in [-0.39, 0.29) is 133 Å². The molecule has 0 spiro atoms. The minimum atomic E-state index is -1.87. The number of hydrogen-bond donors (Lipinski definition) is 26. The maximum Gasteiger partial charge on any atom is 0.328 e. The Morgan fingerprint density at radius 2 is 0.803 bits per heavy atom. The predicted octanol–water partition coefficient (Wildman–Crippen LogP) is -2.39. The van der Waals surface area contributed by atoms with Crippen molar-refractivity contribution >= 4 is 154 Å². The molecule has 29 N–H and O–H groups in total. The monoisotopic (exact) mass is 2110 g/mol. The lowest BCUT2D eigenvalue weighted by molar-refractivity contribution is -0.145. The first kappa shape index (κ1) is 128. The number of rotatable bonds is 70. The summed E-state index contributed by atoms with van der Waals surface area (Å²) >= 11 is 2.58. The fourth-order valence-electron chi connectivity index (χ4n) is 15.6. The zero-order valence-corrected chi connectivity index (χ0v) is 87.9. The first-order chi connectivity index (χ1) is 69.3. The van der Waals surface area contributed by atoms with Crippen molar-refractivity contribution in [1.29, 1.82) is 5.41 Å². The van der Waals surface area contributed by atoms with Gasteiger partial charge in [-0.2, -0.15) is 23.5 Å². The van der Waals surface area contributed by atoms with Crippen molar-refractivity contribution in [3.05, 3.63) is 71.8 Å². The van der Waals surface area contributed by atoms with Crippen LogP contribution in [0.25, 0.3) is 0 Å².